The molecule has 0 aliphatic carbocycles. The van der Waals surface area contributed by atoms with Crippen molar-refractivity contribution in [2.24, 2.45) is 5.73 Å². The highest BCUT2D eigenvalue weighted by Gasteiger charge is 2.51. The van der Waals surface area contributed by atoms with E-state index in [0.29, 0.717) is 5.56 Å². The van der Waals surface area contributed by atoms with E-state index in [-0.39, 0.29) is 17.2 Å². The Morgan fingerprint density at radius 3 is 2.00 bits per heavy atom. The Hall–Kier alpha value is -2.86. The number of benzene rings is 2. The molecule has 1 aliphatic heterocycles. The number of hydrogen-bond acceptors (Lipinski definition) is 9. The standard InChI is InChI=1S/C21H21NO8S2/c1-32(25,26)30-17-16(29-21(24)14-10-6-3-7-11-14)15(28-18(17)19(22)31)12-27-20(23)13-8-4-2-5-9-13/h2-11,15-18H,12H2,1H3,(H2,22,31)/t15-,16-,17+,18-/m1/s1. The number of ether oxygens (including phenoxy) is 3. The minimum atomic E-state index is -4.00. The molecule has 0 amide bonds. The highest BCUT2D eigenvalue weighted by Crippen LogP contribution is 2.29. The van der Waals surface area contributed by atoms with Crippen molar-refractivity contribution in [1.82, 2.24) is 0 Å². The predicted octanol–water partition coefficient (Wildman–Crippen LogP) is 1.47. The van der Waals surface area contributed by atoms with Crippen LogP contribution in [0.4, 0.5) is 0 Å². The van der Waals surface area contributed by atoms with Crippen molar-refractivity contribution >= 4 is 39.3 Å². The molecule has 1 heterocycles. The summed E-state index contributed by atoms with van der Waals surface area (Å²) >= 11 is 4.98. The molecule has 3 rings (SSSR count). The molecule has 1 fully saturated rings. The Morgan fingerprint density at radius 2 is 1.50 bits per heavy atom. The summed E-state index contributed by atoms with van der Waals surface area (Å²) in [5, 5.41) is 0. The number of nitrogens with two attached hydrogens (primary N) is 1. The average molecular weight is 480 g/mol. The van der Waals surface area contributed by atoms with Crippen LogP contribution in [-0.4, -0.2) is 62.6 Å². The molecule has 170 valence electrons. The number of carbonyl (C=O) groups excluding carboxylic acids is 2. The van der Waals surface area contributed by atoms with Crippen LogP contribution in [0.5, 0.6) is 0 Å². The van der Waals surface area contributed by atoms with Gasteiger partial charge in [-0.2, -0.15) is 8.42 Å². The Morgan fingerprint density at radius 1 is 0.969 bits per heavy atom. The Labute approximate surface area is 190 Å². The van der Waals surface area contributed by atoms with Crippen LogP contribution in [0.25, 0.3) is 0 Å². The van der Waals surface area contributed by atoms with Gasteiger partial charge in [0.25, 0.3) is 10.1 Å². The maximum atomic E-state index is 12.6. The van der Waals surface area contributed by atoms with Crippen LogP contribution >= 0.6 is 12.2 Å². The molecule has 4 atom stereocenters. The van der Waals surface area contributed by atoms with Crippen molar-refractivity contribution in [3.8, 4) is 0 Å². The second-order valence-corrected chi connectivity index (χ2v) is 9.04. The predicted molar refractivity (Wildman–Crippen MR) is 118 cm³/mol. The quantitative estimate of drug-likeness (QED) is 0.337. The first-order valence-corrected chi connectivity index (χ1v) is 11.7. The van der Waals surface area contributed by atoms with Gasteiger partial charge in [0.1, 0.15) is 29.9 Å². The summed E-state index contributed by atoms with van der Waals surface area (Å²) in [6.45, 7) is -0.358. The lowest BCUT2D eigenvalue weighted by molar-refractivity contribution is -0.0377. The summed E-state index contributed by atoms with van der Waals surface area (Å²) in [6, 6.07) is 16.3. The Balaban J connectivity index is 1.83. The Bertz CT molecular complexity index is 1080. The molecule has 0 aromatic heterocycles. The van der Waals surface area contributed by atoms with Crippen LogP contribution in [-0.2, 0) is 28.5 Å². The molecule has 0 bridgehead atoms. The van der Waals surface area contributed by atoms with Gasteiger partial charge >= 0.3 is 11.9 Å². The molecule has 9 nitrogen and oxygen atoms in total. The maximum Gasteiger partial charge on any atom is 0.338 e. The first kappa shape index (κ1) is 23.8. The zero-order valence-corrected chi connectivity index (χ0v) is 18.6. The minimum absolute atomic E-state index is 0.198. The summed E-state index contributed by atoms with van der Waals surface area (Å²) in [5.41, 5.74) is 6.23. The summed E-state index contributed by atoms with van der Waals surface area (Å²) in [4.78, 5) is 24.8. The zero-order chi connectivity index (χ0) is 23.3. The summed E-state index contributed by atoms with van der Waals surface area (Å²) in [6.07, 6.45) is -4.05. The van der Waals surface area contributed by atoms with E-state index in [1.54, 1.807) is 48.5 Å². The fraction of sp³-hybridized carbons (Fsp3) is 0.286. The normalized spacial score (nSPS) is 22.8. The van der Waals surface area contributed by atoms with Gasteiger partial charge in [0, 0.05) is 0 Å². The van der Waals surface area contributed by atoms with E-state index in [1.807, 2.05) is 0 Å². The van der Waals surface area contributed by atoms with Gasteiger partial charge in [-0.05, 0) is 24.3 Å². The molecule has 2 aromatic carbocycles. The lowest BCUT2D eigenvalue weighted by atomic mass is 10.1. The van der Waals surface area contributed by atoms with Gasteiger partial charge in [-0.25, -0.2) is 9.59 Å². The van der Waals surface area contributed by atoms with E-state index in [0.717, 1.165) is 6.26 Å². The van der Waals surface area contributed by atoms with Crippen molar-refractivity contribution in [2.75, 3.05) is 12.9 Å². The van der Waals surface area contributed by atoms with Crippen LogP contribution in [0.1, 0.15) is 20.7 Å². The number of rotatable bonds is 8. The largest absolute Gasteiger partial charge is 0.459 e. The van der Waals surface area contributed by atoms with Crippen molar-refractivity contribution in [3.05, 3.63) is 71.8 Å². The van der Waals surface area contributed by atoms with Crippen LogP contribution in [0.2, 0.25) is 0 Å². The van der Waals surface area contributed by atoms with E-state index in [4.69, 9.17) is 36.3 Å². The van der Waals surface area contributed by atoms with E-state index >= 15 is 0 Å². The molecular weight excluding hydrogens is 458 g/mol. The number of carbonyl (C=O) groups is 2. The van der Waals surface area contributed by atoms with Gasteiger partial charge in [-0.1, -0.05) is 48.6 Å². The molecule has 0 unspecified atom stereocenters. The molecule has 0 spiro atoms. The van der Waals surface area contributed by atoms with Gasteiger partial charge in [0.05, 0.1) is 17.4 Å². The van der Waals surface area contributed by atoms with Gasteiger partial charge in [-0.3, -0.25) is 4.18 Å². The van der Waals surface area contributed by atoms with Gasteiger partial charge < -0.3 is 19.9 Å². The molecular formula is C21H21NO8S2. The van der Waals surface area contributed by atoms with Crippen LogP contribution < -0.4 is 5.73 Å². The Kier molecular flexibility index (Phi) is 7.56. The highest BCUT2D eigenvalue weighted by molar-refractivity contribution is 7.86. The lowest BCUT2D eigenvalue weighted by Gasteiger charge is -2.23. The average Bonchev–Trinajstić information content (AvgIpc) is 3.09. The number of esters is 2. The molecule has 1 aliphatic rings. The van der Waals surface area contributed by atoms with E-state index in [2.05, 4.69) is 0 Å². The van der Waals surface area contributed by atoms with Crippen LogP contribution in [0.15, 0.2) is 60.7 Å². The first-order valence-electron chi connectivity index (χ1n) is 9.47. The monoisotopic (exact) mass is 479 g/mol. The first-order chi connectivity index (χ1) is 15.2. The van der Waals surface area contributed by atoms with Gasteiger partial charge in [0.15, 0.2) is 6.10 Å². The number of hydrogen-bond donors (Lipinski definition) is 1. The molecule has 0 saturated carbocycles. The maximum absolute atomic E-state index is 12.6. The molecule has 2 aromatic rings. The summed E-state index contributed by atoms with van der Waals surface area (Å²) in [5.74, 6) is -1.38. The SMILES string of the molecule is CS(=O)(=O)O[C@H]1[C@H](OC(=O)c2ccccc2)[C@@H](COC(=O)c2ccccc2)O[C@H]1C(N)=S. The van der Waals surface area contributed by atoms with Crippen molar-refractivity contribution in [3.63, 3.8) is 0 Å². The molecule has 2 N–H and O–H groups in total. The fourth-order valence-electron chi connectivity index (χ4n) is 3.12. The van der Waals surface area contributed by atoms with E-state index in [9.17, 15) is 18.0 Å². The fourth-order valence-corrected chi connectivity index (χ4v) is 3.93. The molecule has 11 heteroatoms. The summed E-state index contributed by atoms with van der Waals surface area (Å²) in [7, 11) is -4.00. The third-order valence-corrected chi connectivity index (χ3v) is 5.32. The summed E-state index contributed by atoms with van der Waals surface area (Å²) < 4.78 is 45.3. The minimum Gasteiger partial charge on any atom is -0.459 e. The van der Waals surface area contributed by atoms with Crippen molar-refractivity contribution in [1.29, 1.82) is 0 Å². The van der Waals surface area contributed by atoms with Crippen LogP contribution in [0.3, 0.4) is 0 Å². The molecule has 0 radical (unpaired) electrons. The third-order valence-electron chi connectivity index (χ3n) is 4.52. The highest BCUT2D eigenvalue weighted by atomic mass is 32.2. The second kappa shape index (κ2) is 10.2. The van der Waals surface area contributed by atoms with Gasteiger partial charge in [0.2, 0.25) is 0 Å². The molecule has 32 heavy (non-hydrogen) atoms. The number of thiocarbonyl (C=S) groups is 1. The van der Waals surface area contributed by atoms with Gasteiger partial charge in [-0.15, -0.1) is 0 Å². The van der Waals surface area contributed by atoms with Crippen LogP contribution in [0, 0.1) is 0 Å². The lowest BCUT2D eigenvalue weighted by Crippen LogP contribution is -2.44. The smallest absolute Gasteiger partial charge is 0.338 e. The zero-order valence-electron chi connectivity index (χ0n) is 16.9. The third kappa shape index (κ3) is 6.10. The topological polar surface area (TPSA) is 131 Å². The second-order valence-electron chi connectivity index (χ2n) is 6.96. The van der Waals surface area contributed by atoms with E-state index in [1.165, 1.54) is 12.1 Å². The van der Waals surface area contributed by atoms with Crippen molar-refractivity contribution in [2.45, 2.75) is 24.4 Å². The molecule has 1 saturated heterocycles. The van der Waals surface area contributed by atoms with Crippen molar-refractivity contribution < 1.29 is 36.4 Å². The van der Waals surface area contributed by atoms with E-state index < -0.39 is 46.5 Å².